The zero-order chi connectivity index (χ0) is 12.2. The van der Waals surface area contributed by atoms with Gasteiger partial charge in [0, 0.05) is 18.6 Å². The lowest BCUT2D eigenvalue weighted by Crippen LogP contribution is -2.52. The maximum Gasteiger partial charge on any atom is 0.0791 e. The zero-order valence-corrected chi connectivity index (χ0v) is 10.7. The van der Waals surface area contributed by atoms with Crippen LogP contribution in [0, 0.1) is 0 Å². The summed E-state index contributed by atoms with van der Waals surface area (Å²) in [5.74, 6) is 0. The third kappa shape index (κ3) is 4.37. The van der Waals surface area contributed by atoms with E-state index in [0.29, 0.717) is 6.54 Å². The van der Waals surface area contributed by atoms with Crippen molar-refractivity contribution < 1.29 is 10.2 Å². The van der Waals surface area contributed by atoms with Gasteiger partial charge in [0.2, 0.25) is 0 Å². The summed E-state index contributed by atoms with van der Waals surface area (Å²) in [6.07, 6.45) is 1.72. The molecule has 0 aromatic carbocycles. The van der Waals surface area contributed by atoms with Crippen LogP contribution in [0.2, 0.25) is 0 Å². The Hall–Kier alpha value is -0.160. The van der Waals surface area contributed by atoms with Crippen molar-refractivity contribution in [2.45, 2.75) is 51.4 Å². The van der Waals surface area contributed by atoms with E-state index in [9.17, 15) is 10.2 Å². The molecule has 0 amide bonds. The summed E-state index contributed by atoms with van der Waals surface area (Å²) in [6, 6.07) is 0. The zero-order valence-electron chi connectivity index (χ0n) is 10.7. The second kappa shape index (κ2) is 5.96. The van der Waals surface area contributed by atoms with Gasteiger partial charge < -0.3 is 20.4 Å². The van der Waals surface area contributed by atoms with E-state index in [1.54, 1.807) is 6.92 Å². The molecule has 2 unspecified atom stereocenters. The van der Waals surface area contributed by atoms with Crippen molar-refractivity contribution in [3.05, 3.63) is 0 Å². The smallest absolute Gasteiger partial charge is 0.0791 e. The number of hydrogen-bond acceptors (Lipinski definition) is 4. The van der Waals surface area contributed by atoms with Crippen molar-refractivity contribution >= 4 is 0 Å². The number of likely N-dealkylation sites (tertiary alicyclic amines) is 1. The van der Waals surface area contributed by atoms with E-state index in [1.807, 2.05) is 13.8 Å². The molecule has 3 N–H and O–H groups in total. The lowest BCUT2D eigenvalue weighted by Gasteiger charge is -2.31. The Balaban J connectivity index is 2.21. The quantitative estimate of drug-likeness (QED) is 0.610. The number of hydrogen-bond donors (Lipinski definition) is 3. The van der Waals surface area contributed by atoms with Gasteiger partial charge in [0.05, 0.1) is 12.2 Å². The predicted molar refractivity (Wildman–Crippen MR) is 65.4 cm³/mol. The van der Waals surface area contributed by atoms with E-state index in [2.05, 4.69) is 10.2 Å². The number of aliphatic hydroxyl groups is 2. The minimum absolute atomic E-state index is 0.341. The van der Waals surface area contributed by atoms with Crippen LogP contribution in [0.1, 0.15) is 33.6 Å². The van der Waals surface area contributed by atoms with Crippen LogP contribution in [0.3, 0.4) is 0 Å². The van der Waals surface area contributed by atoms with E-state index >= 15 is 0 Å². The lowest BCUT2D eigenvalue weighted by atomic mass is 9.98. The molecule has 1 aliphatic rings. The van der Waals surface area contributed by atoms with Gasteiger partial charge in [0.25, 0.3) is 0 Å². The third-order valence-corrected chi connectivity index (χ3v) is 3.51. The molecule has 1 heterocycles. The number of β-amino-alcohol motifs (C(OH)–C–C–N with tert-alkyl or cyclic N) is 1. The average molecular weight is 230 g/mol. The molecule has 0 bridgehead atoms. The van der Waals surface area contributed by atoms with Gasteiger partial charge in [-0.2, -0.15) is 0 Å². The van der Waals surface area contributed by atoms with Gasteiger partial charge in [0.15, 0.2) is 0 Å². The maximum atomic E-state index is 9.87. The Morgan fingerprint density at radius 1 is 1.25 bits per heavy atom. The van der Waals surface area contributed by atoms with Crippen LogP contribution in [0.25, 0.3) is 0 Å². The topological polar surface area (TPSA) is 55.7 Å². The minimum atomic E-state index is -0.425. The van der Waals surface area contributed by atoms with Gasteiger partial charge in [-0.15, -0.1) is 0 Å². The Morgan fingerprint density at radius 3 is 2.31 bits per heavy atom. The number of aliphatic hydroxyl groups excluding tert-OH is 2. The van der Waals surface area contributed by atoms with Gasteiger partial charge in [-0.1, -0.05) is 0 Å². The average Bonchev–Trinajstić information content (AvgIpc) is 2.67. The Kier molecular flexibility index (Phi) is 5.18. The van der Waals surface area contributed by atoms with Gasteiger partial charge in [-0.3, -0.25) is 0 Å². The van der Waals surface area contributed by atoms with Crippen molar-refractivity contribution in [1.82, 2.24) is 10.2 Å². The summed E-state index contributed by atoms with van der Waals surface area (Å²) in [5.41, 5.74) is -0.341. The van der Waals surface area contributed by atoms with E-state index in [1.165, 1.54) is 12.8 Å². The van der Waals surface area contributed by atoms with Crippen LogP contribution in [-0.2, 0) is 0 Å². The summed E-state index contributed by atoms with van der Waals surface area (Å²) in [4.78, 5) is 2.29. The van der Waals surface area contributed by atoms with E-state index < -0.39 is 6.10 Å². The van der Waals surface area contributed by atoms with Gasteiger partial charge in [-0.05, 0) is 46.7 Å². The monoisotopic (exact) mass is 230 g/mol. The highest BCUT2D eigenvalue weighted by Crippen LogP contribution is 2.10. The highest BCUT2D eigenvalue weighted by atomic mass is 16.3. The Morgan fingerprint density at radius 2 is 1.81 bits per heavy atom. The van der Waals surface area contributed by atoms with Gasteiger partial charge in [-0.25, -0.2) is 0 Å². The largest absolute Gasteiger partial charge is 0.392 e. The summed E-state index contributed by atoms with van der Waals surface area (Å²) < 4.78 is 0. The molecule has 0 radical (unpaired) electrons. The van der Waals surface area contributed by atoms with Crippen LogP contribution in [0.15, 0.2) is 0 Å². The fraction of sp³-hybridized carbons (Fsp3) is 1.00. The second-order valence-corrected chi connectivity index (χ2v) is 5.44. The molecular weight excluding hydrogens is 204 g/mol. The molecule has 2 atom stereocenters. The molecule has 0 aromatic rings. The fourth-order valence-electron chi connectivity index (χ4n) is 1.86. The van der Waals surface area contributed by atoms with E-state index in [0.717, 1.165) is 19.6 Å². The first-order chi connectivity index (χ1) is 7.42. The van der Waals surface area contributed by atoms with Crippen molar-refractivity contribution in [2.75, 3.05) is 26.2 Å². The summed E-state index contributed by atoms with van der Waals surface area (Å²) >= 11 is 0. The minimum Gasteiger partial charge on any atom is -0.392 e. The molecule has 4 heteroatoms. The fourth-order valence-corrected chi connectivity index (χ4v) is 1.86. The molecule has 0 spiro atoms. The van der Waals surface area contributed by atoms with Crippen molar-refractivity contribution in [1.29, 1.82) is 0 Å². The number of nitrogens with one attached hydrogen (secondary N) is 1. The van der Waals surface area contributed by atoms with Crippen LogP contribution in [-0.4, -0.2) is 59.0 Å². The molecule has 4 nitrogen and oxygen atoms in total. The Labute approximate surface area is 98.6 Å². The number of nitrogens with zero attached hydrogens (tertiary/aromatic N) is 1. The summed E-state index contributed by atoms with van der Waals surface area (Å²) in [6.45, 7) is 9.14. The predicted octanol–water partition coefficient (Wildman–Crippen LogP) is 0.192. The molecule has 0 saturated carbocycles. The highest BCUT2D eigenvalue weighted by molar-refractivity contribution is 4.84. The second-order valence-electron chi connectivity index (χ2n) is 5.44. The molecule has 1 rings (SSSR count). The first-order valence-electron chi connectivity index (χ1n) is 6.25. The molecule has 16 heavy (non-hydrogen) atoms. The standard InChI is InChI=1S/C12H26N2O2/c1-10(15)12(2,3)13-8-11(16)9-14-6-4-5-7-14/h10-11,13,15-16H,4-9H2,1-3H3. The van der Waals surface area contributed by atoms with Crippen molar-refractivity contribution in [2.24, 2.45) is 0 Å². The van der Waals surface area contributed by atoms with Gasteiger partial charge >= 0.3 is 0 Å². The van der Waals surface area contributed by atoms with Gasteiger partial charge in [0.1, 0.15) is 0 Å². The molecule has 0 aromatic heterocycles. The molecule has 1 fully saturated rings. The molecule has 96 valence electrons. The summed E-state index contributed by atoms with van der Waals surface area (Å²) in [5, 5.41) is 22.6. The van der Waals surface area contributed by atoms with E-state index in [-0.39, 0.29) is 11.6 Å². The first-order valence-corrected chi connectivity index (χ1v) is 6.25. The summed E-state index contributed by atoms with van der Waals surface area (Å²) in [7, 11) is 0. The SMILES string of the molecule is CC(O)C(C)(C)NCC(O)CN1CCCC1. The third-order valence-electron chi connectivity index (χ3n) is 3.51. The highest BCUT2D eigenvalue weighted by Gasteiger charge is 2.24. The maximum absolute atomic E-state index is 9.87. The number of rotatable bonds is 6. The van der Waals surface area contributed by atoms with Crippen molar-refractivity contribution in [3.63, 3.8) is 0 Å². The van der Waals surface area contributed by atoms with Crippen LogP contribution in [0.4, 0.5) is 0 Å². The van der Waals surface area contributed by atoms with Crippen LogP contribution >= 0.6 is 0 Å². The molecule has 1 saturated heterocycles. The first kappa shape index (κ1) is 13.9. The lowest BCUT2D eigenvalue weighted by molar-refractivity contribution is 0.0710. The van der Waals surface area contributed by atoms with Crippen LogP contribution < -0.4 is 5.32 Å². The van der Waals surface area contributed by atoms with Crippen molar-refractivity contribution in [3.8, 4) is 0 Å². The normalized spacial score (nSPS) is 22.3. The molecule has 0 aliphatic carbocycles. The molecule has 1 aliphatic heterocycles. The van der Waals surface area contributed by atoms with Crippen LogP contribution in [0.5, 0.6) is 0 Å². The molecular formula is C12H26N2O2. The van der Waals surface area contributed by atoms with E-state index in [4.69, 9.17) is 0 Å². The Bertz CT molecular complexity index is 201.